The molecule has 0 aromatic heterocycles. The van der Waals surface area contributed by atoms with E-state index in [-0.39, 0.29) is 11.8 Å². The molecule has 0 saturated heterocycles. The number of hydrogen-bond acceptors (Lipinski definition) is 1. The van der Waals surface area contributed by atoms with Crippen LogP contribution in [0.4, 0.5) is 5.69 Å². The van der Waals surface area contributed by atoms with Crippen molar-refractivity contribution >= 4 is 11.6 Å². The van der Waals surface area contributed by atoms with Crippen LogP contribution < -0.4 is 5.32 Å². The third-order valence-corrected chi connectivity index (χ3v) is 4.20. The minimum absolute atomic E-state index is 0.0172. The molecule has 1 aliphatic heterocycles. The second-order valence-electron chi connectivity index (χ2n) is 5.48. The van der Waals surface area contributed by atoms with Gasteiger partial charge in [0.05, 0.1) is 5.92 Å². The fourth-order valence-electron chi connectivity index (χ4n) is 2.97. The summed E-state index contributed by atoms with van der Waals surface area (Å²) in [6.07, 6.45) is 9.71. The monoisotopic (exact) mass is 253 g/mol. The van der Waals surface area contributed by atoms with E-state index in [9.17, 15) is 4.79 Å². The molecule has 1 aliphatic carbocycles. The van der Waals surface area contributed by atoms with E-state index >= 15 is 0 Å². The SMILES string of the molecule is CC1CCC=CC=C1CC1C(=O)Nc2ccccc21. The fourth-order valence-corrected chi connectivity index (χ4v) is 2.97. The topological polar surface area (TPSA) is 29.1 Å². The Labute approximate surface area is 114 Å². The molecule has 0 fully saturated rings. The van der Waals surface area contributed by atoms with Gasteiger partial charge in [0.25, 0.3) is 0 Å². The molecule has 1 N–H and O–H groups in total. The zero-order valence-corrected chi connectivity index (χ0v) is 11.2. The Morgan fingerprint density at radius 2 is 2.16 bits per heavy atom. The number of anilines is 1. The van der Waals surface area contributed by atoms with E-state index in [1.807, 2.05) is 18.2 Å². The summed E-state index contributed by atoms with van der Waals surface area (Å²) in [5, 5.41) is 2.98. The van der Waals surface area contributed by atoms with Crippen LogP contribution in [0.15, 0.2) is 48.1 Å². The Balaban J connectivity index is 1.85. The van der Waals surface area contributed by atoms with Crippen molar-refractivity contribution in [2.24, 2.45) is 5.92 Å². The summed E-state index contributed by atoms with van der Waals surface area (Å²) >= 11 is 0. The minimum Gasteiger partial charge on any atom is -0.325 e. The lowest BCUT2D eigenvalue weighted by Gasteiger charge is -2.17. The van der Waals surface area contributed by atoms with Crippen LogP contribution >= 0.6 is 0 Å². The van der Waals surface area contributed by atoms with Gasteiger partial charge in [-0.1, -0.05) is 48.9 Å². The highest BCUT2D eigenvalue weighted by Gasteiger charge is 2.31. The van der Waals surface area contributed by atoms with E-state index in [1.165, 1.54) is 12.0 Å². The molecular weight excluding hydrogens is 234 g/mol. The second-order valence-corrected chi connectivity index (χ2v) is 5.48. The third kappa shape index (κ3) is 2.35. The molecule has 1 aromatic carbocycles. The Morgan fingerprint density at radius 1 is 1.32 bits per heavy atom. The van der Waals surface area contributed by atoms with E-state index in [2.05, 4.69) is 36.5 Å². The molecule has 1 heterocycles. The number of hydrogen-bond donors (Lipinski definition) is 1. The summed E-state index contributed by atoms with van der Waals surface area (Å²) in [5.74, 6) is 0.689. The Hall–Kier alpha value is -1.83. The molecular formula is C17H19NO. The van der Waals surface area contributed by atoms with Gasteiger partial charge in [-0.2, -0.15) is 0 Å². The average molecular weight is 253 g/mol. The van der Waals surface area contributed by atoms with Crippen molar-refractivity contribution in [1.82, 2.24) is 0 Å². The molecule has 0 radical (unpaired) electrons. The lowest BCUT2D eigenvalue weighted by Crippen LogP contribution is -2.14. The largest absolute Gasteiger partial charge is 0.325 e. The molecule has 98 valence electrons. The molecule has 0 saturated carbocycles. The molecule has 2 atom stereocenters. The minimum atomic E-state index is -0.0172. The van der Waals surface area contributed by atoms with E-state index in [0.717, 1.165) is 24.1 Å². The van der Waals surface area contributed by atoms with Crippen molar-refractivity contribution in [2.75, 3.05) is 5.32 Å². The van der Waals surface area contributed by atoms with Gasteiger partial charge in [-0.05, 0) is 36.8 Å². The summed E-state index contributed by atoms with van der Waals surface area (Å²) in [6.45, 7) is 2.26. The van der Waals surface area contributed by atoms with Gasteiger partial charge >= 0.3 is 0 Å². The first kappa shape index (κ1) is 12.2. The van der Waals surface area contributed by atoms with Gasteiger partial charge in [0.1, 0.15) is 0 Å². The molecule has 19 heavy (non-hydrogen) atoms. The lowest BCUT2D eigenvalue weighted by atomic mass is 9.86. The quantitative estimate of drug-likeness (QED) is 0.847. The van der Waals surface area contributed by atoms with Crippen LogP contribution in [0.1, 0.15) is 37.7 Å². The zero-order chi connectivity index (χ0) is 13.2. The number of amides is 1. The van der Waals surface area contributed by atoms with Gasteiger partial charge in [-0.15, -0.1) is 0 Å². The van der Waals surface area contributed by atoms with Gasteiger partial charge in [0.2, 0.25) is 5.91 Å². The van der Waals surface area contributed by atoms with Crippen molar-refractivity contribution in [3.05, 3.63) is 53.6 Å². The normalized spacial score (nSPS) is 25.5. The van der Waals surface area contributed by atoms with Crippen LogP contribution in [0.5, 0.6) is 0 Å². The van der Waals surface area contributed by atoms with Crippen LogP contribution in [0.25, 0.3) is 0 Å². The number of allylic oxidation sites excluding steroid dienone is 4. The maximum atomic E-state index is 12.1. The van der Waals surface area contributed by atoms with Crippen molar-refractivity contribution < 1.29 is 4.79 Å². The van der Waals surface area contributed by atoms with Crippen LogP contribution in [0.2, 0.25) is 0 Å². The molecule has 1 aromatic rings. The number of carbonyl (C=O) groups is 1. The number of nitrogens with one attached hydrogen (secondary N) is 1. The Bertz CT molecular complexity index is 556. The first-order chi connectivity index (χ1) is 9.25. The van der Waals surface area contributed by atoms with Crippen LogP contribution in [-0.2, 0) is 4.79 Å². The smallest absolute Gasteiger partial charge is 0.232 e. The lowest BCUT2D eigenvalue weighted by molar-refractivity contribution is -0.117. The van der Waals surface area contributed by atoms with Gasteiger partial charge in [-0.3, -0.25) is 4.79 Å². The number of carbonyl (C=O) groups excluding carboxylic acids is 1. The standard InChI is InChI=1S/C17H19NO/c1-12-7-3-2-4-8-13(12)11-15-14-9-5-6-10-16(14)18-17(15)19/h2,4-6,8-10,12,15H,3,7,11H2,1H3,(H,18,19). The van der Waals surface area contributed by atoms with Gasteiger partial charge in [0.15, 0.2) is 0 Å². The third-order valence-electron chi connectivity index (χ3n) is 4.20. The van der Waals surface area contributed by atoms with Gasteiger partial charge in [-0.25, -0.2) is 0 Å². The number of benzene rings is 1. The highest BCUT2D eigenvalue weighted by Crippen LogP contribution is 2.38. The molecule has 2 unspecified atom stereocenters. The maximum absolute atomic E-state index is 12.1. The highest BCUT2D eigenvalue weighted by atomic mass is 16.2. The molecule has 3 rings (SSSR count). The summed E-state index contributed by atoms with van der Waals surface area (Å²) < 4.78 is 0. The number of rotatable bonds is 2. The molecule has 1 amide bonds. The summed E-state index contributed by atoms with van der Waals surface area (Å²) in [6, 6.07) is 8.03. The van der Waals surface area contributed by atoms with Crippen molar-refractivity contribution in [2.45, 2.75) is 32.1 Å². The summed E-state index contributed by atoms with van der Waals surface area (Å²) in [5.41, 5.74) is 3.52. The molecule has 0 spiro atoms. The molecule has 2 aliphatic rings. The zero-order valence-electron chi connectivity index (χ0n) is 11.2. The maximum Gasteiger partial charge on any atom is 0.232 e. The van der Waals surface area contributed by atoms with E-state index in [0.29, 0.717) is 5.92 Å². The van der Waals surface area contributed by atoms with E-state index in [1.54, 1.807) is 0 Å². The second kappa shape index (κ2) is 5.04. The molecule has 0 bridgehead atoms. The van der Waals surface area contributed by atoms with E-state index in [4.69, 9.17) is 0 Å². The fraction of sp³-hybridized carbons (Fsp3) is 0.353. The number of para-hydroxylation sites is 1. The summed E-state index contributed by atoms with van der Waals surface area (Å²) in [7, 11) is 0. The van der Waals surface area contributed by atoms with Crippen LogP contribution in [0, 0.1) is 5.92 Å². The Kier molecular flexibility index (Phi) is 3.24. The first-order valence-corrected chi connectivity index (χ1v) is 7.01. The molecule has 2 nitrogen and oxygen atoms in total. The predicted octanol–water partition coefficient (Wildman–Crippen LogP) is 4.02. The summed E-state index contributed by atoms with van der Waals surface area (Å²) in [4.78, 5) is 12.1. The van der Waals surface area contributed by atoms with Gasteiger partial charge < -0.3 is 5.32 Å². The van der Waals surface area contributed by atoms with Crippen molar-refractivity contribution in [3.63, 3.8) is 0 Å². The predicted molar refractivity (Wildman–Crippen MR) is 78.1 cm³/mol. The first-order valence-electron chi connectivity index (χ1n) is 7.01. The van der Waals surface area contributed by atoms with Crippen molar-refractivity contribution in [3.8, 4) is 0 Å². The molecule has 2 heteroatoms. The van der Waals surface area contributed by atoms with Gasteiger partial charge in [0, 0.05) is 5.69 Å². The van der Waals surface area contributed by atoms with Crippen LogP contribution in [0.3, 0.4) is 0 Å². The van der Waals surface area contributed by atoms with E-state index < -0.39 is 0 Å². The van der Waals surface area contributed by atoms with Crippen molar-refractivity contribution in [1.29, 1.82) is 0 Å². The Morgan fingerprint density at radius 3 is 3.05 bits per heavy atom. The van der Waals surface area contributed by atoms with Crippen LogP contribution in [-0.4, -0.2) is 5.91 Å². The number of fused-ring (bicyclic) bond motifs is 1. The highest BCUT2D eigenvalue weighted by molar-refractivity contribution is 6.03. The average Bonchev–Trinajstić information content (AvgIpc) is 2.58.